The molecule has 37 heavy (non-hydrogen) atoms. The molecule has 0 bridgehead atoms. The van der Waals surface area contributed by atoms with Crippen molar-refractivity contribution in [2.75, 3.05) is 0 Å². The van der Waals surface area contributed by atoms with Crippen molar-refractivity contribution >= 4 is 0 Å². The van der Waals surface area contributed by atoms with Crippen LogP contribution in [-0.4, -0.2) is 18.6 Å². The van der Waals surface area contributed by atoms with Crippen LogP contribution in [0.5, 0.6) is 0 Å². The van der Waals surface area contributed by atoms with E-state index in [2.05, 4.69) is 16.4 Å². The molecule has 0 spiro atoms. The van der Waals surface area contributed by atoms with Gasteiger partial charge in [0.1, 0.15) is 11.6 Å². The number of benzene rings is 1. The molecule has 0 saturated heterocycles. The molecule has 1 aromatic rings. The van der Waals surface area contributed by atoms with Crippen LogP contribution in [0.25, 0.3) is 0 Å². The molecular formula is C28H33F7O2. The van der Waals surface area contributed by atoms with E-state index in [0.717, 1.165) is 49.7 Å². The van der Waals surface area contributed by atoms with Gasteiger partial charge in [-0.15, -0.1) is 0 Å². The first-order valence-corrected chi connectivity index (χ1v) is 13.1. The summed E-state index contributed by atoms with van der Waals surface area (Å²) >= 11 is 0. The highest BCUT2D eigenvalue weighted by molar-refractivity contribution is 5.31. The van der Waals surface area contributed by atoms with Crippen molar-refractivity contribution in [3.05, 3.63) is 59.1 Å². The Morgan fingerprint density at radius 1 is 1.00 bits per heavy atom. The van der Waals surface area contributed by atoms with E-state index in [4.69, 9.17) is 0 Å². The molecule has 2 fully saturated rings. The first-order chi connectivity index (χ1) is 17.5. The standard InChI is InChI=1S/C28H33F7O2/c1-2-17-3-5-18(6-4-17)19-7-9-20(10-8-19)21-11-12-23(24(29)15-21)28(34,35)36-22-13-14-27(33,25(30)16-22)37-26(31)32/h11-20,25-26H,2-10H2,1H3. The lowest BCUT2D eigenvalue weighted by Crippen LogP contribution is -2.38. The number of allylic oxidation sites excluding steroid dienone is 1. The molecule has 0 radical (unpaired) electrons. The van der Waals surface area contributed by atoms with E-state index in [9.17, 15) is 30.7 Å². The number of hydrogen-bond acceptors (Lipinski definition) is 2. The largest absolute Gasteiger partial charge is 0.429 e. The zero-order valence-corrected chi connectivity index (χ0v) is 20.8. The summed E-state index contributed by atoms with van der Waals surface area (Å²) in [5, 5.41) is 0. The lowest BCUT2D eigenvalue weighted by molar-refractivity contribution is -0.257. The van der Waals surface area contributed by atoms with Gasteiger partial charge in [-0.05, 0) is 98.1 Å². The summed E-state index contributed by atoms with van der Waals surface area (Å²) in [4.78, 5) is 0. The predicted octanol–water partition coefficient (Wildman–Crippen LogP) is 9.08. The summed E-state index contributed by atoms with van der Waals surface area (Å²) in [7, 11) is 0. The Balaban J connectivity index is 1.36. The minimum atomic E-state index is -4.20. The van der Waals surface area contributed by atoms with Crippen molar-refractivity contribution in [3.8, 4) is 0 Å². The van der Waals surface area contributed by atoms with Gasteiger partial charge in [0.25, 0.3) is 5.85 Å². The molecule has 2 atom stereocenters. The van der Waals surface area contributed by atoms with Crippen LogP contribution in [0.1, 0.15) is 81.8 Å². The van der Waals surface area contributed by atoms with Crippen LogP contribution >= 0.6 is 0 Å². The molecule has 0 aliphatic heterocycles. The summed E-state index contributed by atoms with van der Waals surface area (Å²) in [6, 6.07) is 3.50. The second-order valence-electron chi connectivity index (χ2n) is 10.5. The molecule has 0 amide bonds. The third-order valence-electron chi connectivity index (χ3n) is 8.36. The molecule has 3 aliphatic carbocycles. The highest BCUT2D eigenvalue weighted by Crippen LogP contribution is 2.45. The van der Waals surface area contributed by atoms with Gasteiger partial charge in [-0.2, -0.15) is 17.6 Å². The fourth-order valence-electron chi connectivity index (χ4n) is 6.13. The molecule has 2 unspecified atom stereocenters. The van der Waals surface area contributed by atoms with Gasteiger partial charge in [0.2, 0.25) is 0 Å². The second kappa shape index (κ2) is 11.4. The Hall–Kier alpha value is -2.03. The number of alkyl halides is 6. The van der Waals surface area contributed by atoms with Crippen molar-refractivity contribution in [2.45, 2.75) is 95.4 Å². The summed E-state index contributed by atoms with van der Waals surface area (Å²) in [6.45, 7) is -1.37. The van der Waals surface area contributed by atoms with Gasteiger partial charge >= 0.3 is 12.7 Å². The van der Waals surface area contributed by atoms with E-state index < -0.39 is 41.9 Å². The van der Waals surface area contributed by atoms with E-state index in [0.29, 0.717) is 17.6 Å². The van der Waals surface area contributed by atoms with Crippen LogP contribution in [0.2, 0.25) is 0 Å². The normalized spacial score (nSPS) is 32.9. The highest BCUT2D eigenvalue weighted by atomic mass is 19.3. The molecular weight excluding hydrogens is 501 g/mol. The molecule has 4 rings (SSSR count). The van der Waals surface area contributed by atoms with E-state index >= 15 is 0 Å². The zero-order valence-electron chi connectivity index (χ0n) is 20.8. The van der Waals surface area contributed by atoms with E-state index in [1.807, 2.05) is 0 Å². The first-order valence-electron chi connectivity index (χ1n) is 13.1. The Labute approximate surface area is 212 Å². The first kappa shape index (κ1) is 28.0. The van der Waals surface area contributed by atoms with Crippen LogP contribution in [-0.2, 0) is 15.6 Å². The highest BCUT2D eigenvalue weighted by Gasteiger charge is 2.45. The Morgan fingerprint density at radius 3 is 2.16 bits per heavy atom. The molecule has 2 saturated carbocycles. The third kappa shape index (κ3) is 6.52. The second-order valence-corrected chi connectivity index (χ2v) is 10.5. The van der Waals surface area contributed by atoms with Gasteiger partial charge in [0.15, 0.2) is 6.17 Å². The molecule has 9 heteroatoms. The Morgan fingerprint density at radius 2 is 1.62 bits per heavy atom. The molecule has 0 aromatic heterocycles. The van der Waals surface area contributed by atoms with Crippen LogP contribution in [0.15, 0.2) is 42.2 Å². The molecule has 2 nitrogen and oxygen atoms in total. The minimum absolute atomic E-state index is 0.0881. The average molecular weight is 535 g/mol. The van der Waals surface area contributed by atoms with Gasteiger partial charge in [-0.25, -0.2) is 13.2 Å². The van der Waals surface area contributed by atoms with Gasteiger partial charge in [0.05, 0.1) is 5.56 Å². The average Bonchev–Trinajstić information content (AvgIpc) is 2.86. The summed E-state index contributed by atoms with van der Waals surface area (Å²) in [6.07, 6.45) is 4.22. The number of rotatable bonds is 8. The maximum absolute atomic E-state index is 14.8. The van der Waals surface area contributed by atoms with Gasteiger partial charge in [-0.3, -0.25) is 4.74 Å². The number of halogens is 7. The predicted molar refractivity (Wildman–Crippen MR) is 125 cm³/mol. The van der Waals surface area contributed by atoms with Crippen molar-refractivity contribution in [1.29, 1.82) is 0 Å². The Bertz CT molecular complexity index is 979. The fourth-order valence-corrected chi connectivity index (χ4v) is 6.13. The van der Waals surface area contributed by atoms with Crippen LogP contribution < -0.4 is 0 Å². The molecule has 1 aromatic carbocycles. The molecule has 3 aliphatic rings. The monoisotopic (exact) mass is 534 g/mol. The van der Waals surface area contributed by atoms with Crippen LogP contribution in [0, 0.1) is 23.6 Å². The molecule has 0 heterocycles. The van der Waals surface area contributed by atoms with Crippen molar-refractivity contribution in [1.82, 2.24) is 0 Å². The van der Waals surface area contributed by atoms with Crippen LogP contribution in [0.3, 0.4) is 0 Å². The van der Waals surface area contributed by atoms with Gasteiger partial charge < -0.3 is 4.74 Å². The van der Waals surface area contributed by atoms with E-state index in [-0.39, 0.29) is 18.1 Å². The lowest BCUT2D eigenvalue weighted by Gasteiger charge is -2.38. The van der Waals surface area contributed by atoms with Crippen molar-refractivity contribution in [3.63, 3.8) is 0 Å². The molecule has 206 valence electrons. The SMILES string of the molecule is CCC1CCC(C2CCC(c3ccc(C(F)(F)OC4=CC(F)C(F)(OC(F)F)C=C4)c(F)c3)CC2)CC1. The maximum atomic E-state index is 14.8. The van der Waals surface area contributed by atoms with Gasteiger partial charge in [0, 0.05) is 0 Å². The molecule has 0 N–H and O–H groups in total. The lowest BCUT2D eigenvalue weighted by atomic mass is 9.68. The smallest absolute Gasteiger partial charge is 0.429 e. The van der Waals surface area contributed by atoms with E-state index in [1.54, 1.807) is 0 Å². The number of hydrogen-bond donors (Lipinski definition) is 0. The Kier molecular flexibility index (Phi) is 8.61. The summed E-state index contributed by atoms with van der Waals surface area (Å²) < 4.78 is 105. The van der Waals surface area contributed by atoms with E-state index in [1.165, 1.54) is 38.2 Å². The third-order valence-corrected chi connectivity index (χ3v) is 8.36. The van der Waals surface area contributed by atoms with Crippen molar-refractivity contribution < 1.29 is 40.2 Å². The minimum Gasteiger partial charge on any atom is -0.429 e. The quantitative estimate of drug-likeness (QED) is 0.310. The topological polar surface area (TPSA) is 18.5 Å². The van der Waals surface area contributed by atoms with Gasteiger partial charge in [-0.1, -0.05) is 32.3 Å². The van der Waals surface area contributed by atoms with Crippen molar-refractivity contribution in [2.24, 2.45) is 17.8 Å². The van der Waals surface area contributed by atoms with Crippen LogP contribution in [0.4, 0.5) is 30.7 Å². The summed E-state index contributed by atoms with van der Waals surface area (Å²) in [5.74, 6) is -3.17. The maximum Gasteiger partial charge on any atom is 0.429 e. The summed E-state index contributed by atoms with van der Waals surface area (Å²) in [5.41, 5.74) is -0.402. The number of ether oxygens (including phenoxy) is 2. The zero-order chi connectivity index (χ0) is 26.8. The fraction of sp³-hybridized carbons (Fsp3) is 0.643.